The van der Waals surface area contributed by atoms with E-state index in [1.54, 1.807) is 43.5 Å². The molecule has 0 unspecified atom stereocenters. The number of ketones is 1. The molecule has 0 saturated heterocycles. The lowest BCUT2D eigenvalue weighted by Gasteiger charge is -2.04. The smallest absolute Gasteiger partial charge is 0.326 e. The van der Waals surface area contributed by atoms with Crippen LogP contribution in [0, 0.1) is 0 Å². The van der Waals surface area contributed by atoms with Crippen LogP contribution in [0.1, 0.15) is 15.9 Å². The summed E-state index contributed by atoms with van der Waals surface area (Å²) >= 11 is 0. The van der Waals surface area contributed by atoms with E-state index in [2.05, 4.69) is 9.97 Å². The van der Waals surface area contributed by atoms with Gasteiger partial charge < -0.3 is 9.72 Å². The predicted molar refractivity (Wildman–Crippen MR) is 81.6 cm³/mol. The zero-order valence-electron chi connectivity index (χ0n) is 11.7. The Morgan fingerprint density at radius 1 is 0.955 bits per heavy atom. The number of aromatic nitrogens is 2. The molecule has 22 heavy (non-hydrogen) atoms. The monoisotopic (exact) mass is 296 g/mol. The number of ether oxygens (including phenoxy) is 1. The summed E-state index contributed by atoms with van der Waals surface area (Å²) in [5.74, 6) is 0.444. The van der Waals surface area contributed by atoms with Gasteiger partial charge in [-0.2, -0.15) is 0 Å². The predicted octanol–water partition coefficient (Wildman–Crippen LogP) is 1.46. The molecule has 0 radical (unpaired) electrons. The van der Waals surface area contributed by atoms with Crippen molar-refractivity contribution in [3.05, 3.63) is 74.4 Å². The maximum atomic E-state index is 12.4. The standard InChI is InChI=1S/C16H12N2O4/c1-22-11-5-2-9(3-6-11)14(19)10-4-7-13-12(8-10)15(20)18-16(21)17-13/h2-8H,1H3,(H2,17,18,20,21). The fraction of sp³-hybridized carbons (Fsp3) is 0.0625. The van der Waals surface area contributed by atoms with Gasteiger partial charge >= 0.3 is 5.69 Å². The van der Waals surface area contributed by atoms with Crippen LogP contribution in [-0.4, -0.2) is 22.9 Å². The van der Waals surface area contributed by atoms with Crippen LogP contribution in [0.2, 0.25) is 0 Å². The zero-order valence-corrected chi connectivity index (χ0v) is 11.7. The average Bonchev–Trinajstić information content (AvgIpc) is 2.54. The summed E-state index contributed by atoms with van der Waals surface area (Å²) in [5, 5.41) is 0.263. The number of fused-ring (bicyclic) bond motifs is 1. The number of hydrogen-bond acceptors (Lipinski definition) is 4. The van der Waals surface area contributed by atoms with Gasteiger partial charge in [-0.3, -0.25) is 14.6 Å². The second-order valence-electron chi connectivity index (χ2n) is 4.73. The van der Waals surface area contributed by atoms with Gasteiger partial charge in [-0.15, -0.1) is 0 Å². The molecule has 2 aromatic carbocycles. The lowest BCUT2D eigenvalue weighted by Crippen LogP contribution is -2.22. The minimum Gasteiger partial charge on any atom is -0.497 e. The van der Waals surface area contributed by atoms with Gasteiger partial charge in [-0.1, -0.05) is 0 Å². The fourth-order valence-electron chi connectivity index (χ4n) is 2.22. The SMILES string of the molecule is COc1ccc(C(=O)c2ccc3[nH]c(=O)[nH]c(=O)c3c2)cc1. The van der Waals surface area contributed by atoms with Crippen molar-refractivity contribution in [3.8, 4) is 5.75 Å². The highest BCUT2D eigenvalue weighted by atomic mass is 16.5. The van der Waals surface area contributed by atoms with Gasteiger partial charge in [0.15, 0.2) is 5.78 Å². The third kappa shape index (κ3) is 2.42. The molecule has 3 rings (SSSR count). The second kappa shape index (κ2) is 5.33. The molecule has 0 fully saturated rings. The molecular formula is C16H12N2O4. The van der Waals surface area contributed by atoms with Crippen molar-refractivity contribution in [2.45, 2.75) is 0 Å². The zero-order chi connectivity index (χ0) is 15.7. The quantitative estimate of drug-likeness (QED) is 0.716. The Kier molecular flexibility index (Phi) is 3.34. The van der Waals surface area contributed by atoms with Crippen molar-refractivity contribution in [2.75, 3.05) is 7.11 Å². The number of hydrogen-bond donors (Lipinski definition) is 2. The van der Waals surface area contributed by atoms with E-state index in [0.717, 1.165) is 0 Å². The van der Waals surface area contributed by atoms with Crippen LogP contribution < -0.4 is 16.0 Å². The minimum atomic E-state index is -0.577. The Hall–Kier alpha value is -3.15. The van der Waals surface area contributed by atoms with E-state index in [-0.39, 0.29) is 11.2 Å². The summed E-state index contributed by atoms with van der Waals surface area (Å²) in [7, 11) is 1.55. The lowest BCUT2D eigenvalue weighted by atomic mass is 10.0. The van der Waals surface area contributed by atoms with Crippen LogP contribution in [0.5, 0.6) is 5.75 Å². The van der Waals surface area contributed by atoms with E-state index in [1.165, 1.54) is 6.07 Å². The summed E-state index contributed by atoms with van der Waals surface area (Å²) in [5.41, 5.74) is 0.145. The number of nitrogens with one attached hydrogen (secondary N) is 2. The first-order valence-electron chi connectivity index (χ1n) is 6.53. The third-order valence-electron chi connectivity index (χ3n) is 3.35. The Labute approximate surface area is 124 Å². The van der Waals surface area contributed by atoms with Gasteiger partial charge in [0.25, 0.3) is 5.56 Å². The maximum Gasteiger partial charge on any atom is 0.326 e. The van der Waals surface area contributed by atoms with Crippen LogP contribution >= 0.6 is 0 Å². The fourth-order valence-corrected chi connectivity index (χ4v) is 2.22. The molecule has 6 heteroatoms. The van der Waals surface area contributed by atoms with Crippen molar-refractivity contribution >= 4 is 16.7 Å². The number of benzene rings is 2. The van der Waals surface area contributed by atoms with Crippen LogP contribution in [-0.2, 0) is 0 Å². The first-order valence-corrected chi connectivity index (χ1v) is 6.53. The van der Waals surface area contributed by atoms with Gasteiger partial charge in [-0.05, 0) is 42.5 Å². The van der Waals surface area contributed by atoms with E-state index in [9.17, 15) is 14.4 Å². The van der Waals surface area contributed by atoms with E-state index >= 15 is 0 Å². The average molecular weight is 296 g/mol. The summed E-state index contributed by atoms with van der Waals surface area (Å²) in [4.78, 5) is 40.1. The van der Waals surface area contributed by atoms with Crippen molar-refractivity contribution in [2.24, 2.45) is 0 Å². The number of rotatable bonds is 3. The topological polar surface area (TPSA) is 92.0 Å². The number of H-pyrrole nitrogens is 2. The van der Waals surface area contributed by atoms with Crippen LogP contribution in [0.4, 0.5) is 0 Å². The van der Waals surface area contributed by atoms with Gasteiger partial charge in [0.05, 0.1) is 18.0 Å². The van der Waals surface area contributed by atoms with Crippen molar-refractivity contribution in [3.63, 3.8) is 0 Å². The lowest BCUT2D eigenvalue weighted by molar-refractivity contribution is 0.103. The molecular weight excluding hydrogens is 284 g/mol. The molecule has 0 amide bonds. The summed E-state index contributed by atoms with van der Waals surface area (Å²) in [6.45, 7) is 0. The number of methoxy groups -OCH3 is 1. The normalized spacial score (nSPS) is 10.6. The van der Waals surface area contributed by atoms with Gasteiger partial charge in [0, 0.05) is 11.1 Å². The van der Waals surface area contributed by atoms with Gasteiger partial charge in [0.1, 0.15) is 5.75 Å². The van der Waals surface area contributed by atoms with Crippen molar-refractivity contribution in [1.29, 1.82) is 0 Å². The minimum absolute atomic E-state index is 0.213. The largest absolute Gasteiger partial charge is 0.497 e. The first-order chi connectivity index (χ1) is 10.6. The van der Waals surface area contributed by atoms with Crippen molar-refractivity contribution in [1.82, 2.24) is 9.97 Å². The summed E-state index contributed by atoms with van der Waals surface area (Å²) in [6, 6.07) is 11.3. The van der Waals surface area contributed by atoms with Crippen molar-refractivity contribution < 1.29 is 9.53 Å². The van der Waals surface area contributed by atoms with E-state index in [4.69, 9.17) is 4.74 Å². The Balaban J connectivity index is 2.07. The van der Waals surface area contributed by atoms with Gasteiger partial charge in [-0.25, -0.2) is 4.79 Å². The molecule has 0 aliphatic rings. The Morgan fingerprint density at radius 2 is 1.64 bits per heavy atom. The molecule has 0 saturated carbocycles. The van der Waals surface area contributed by atoms with Gasteiger partial charge in [0.2, 0.25) is 0 Å². The molecule has 0 atom stereocenters. The van der Waals surface area contributed by atoms with E-state index in [0.29, 0.717) is 22.4 Å². The highest BCUT2D eigenvalue weighted by molar-refractivity contribution is 6.10. The summed E-state index contributed by atoms with van der Waals surface area (Å²) in [6.07, 6.45) is 0. The Morgan fingerprint density at radius 3 is 2.32 bits per heavy atom. The molecule has 0 aliphatic heterocycles. The highest BCUT2D eigenvalue weighted by Crippen LogP contribution is 2.16. The number of carbonyl (C=O) groups is 1. The molecule has 2 N–H and O–H groups in total. The first kappa shape index (κ1) is 13.8. The molecule has 110 valence electrons. The molecule has 3 aromatic rings. The number of carbonyl (C=O) groups excluding carboxylic acids is 1. The number of aromatic amines is 2. The molecule has 0 aliphatic carbocycles. The molecule has 1 aromatic heterocycles. The van der Waals surface area contributed by atoms with Crippen LogP contribution in [0.15, 0.2) is 52.1 Å². The molecule has 1 heterocycles. The Bertz CT molecular complexity index is 968. The second-order valence-corrected chi connectivity index (χ2v) is 4.73. The molecule has 0 spiro atoms. The molecule has 0 bridgehead atoms. The van der Waals surface area contributed by atoms with Crippen LogP contribution in [0.25, 0.3) is 10.9 Å². The molecule has 6 nitrogen and oxygen atoms in total. The third-order valence-corrected chi connectivity index (χ3v) is 3.35. The van der Waals surface area contributed by atoms with E-state index < -0.39 is 11.2 Å². The van der Waals surface area contributed by atoms with E-state index in [1.807, 2.05) is 0 Å². The summed E-state index contributed by atoms with van der Waals surface area (Å²) < 4.78 is 5.05. The van der Waals surface area contributed by atoms with Crippen LogP contribution in [0.3, 0.4) is 0 Å². The highest BCUT2D eigenvalue weighted by Gasteiger charge is 2.11. The maximum absolute atomic E-state index is 12.4.